The number of aromatic nitrogens is 3. The maximum atomic E-state index is 11.8. The van der Waals surface area contributed by atoms with Crippen molar-refractivity contribution in [1.82, 2.24) is 14.3 Å². The first-order valence-corrected chi connectivity index (χ1v) is 6.56. The van der Waals surface area contributed by atoms with Crippen LogP contribution >= 0.6 is 0 Å². The Bertz CT molecular complexity index is 530. The van der Waals surface area contributed by atoms with E-state index in [-0.39, 0.29) is 11.9 Å². The molecule has 1 aromatic heterocycles. The summed E-state index contributed by atoms with van der Waals surface area (Å²) in [7, 11) is 2.94. The van der Waals surface area contributed by atoms with E-state index in [0.717, 1.165) is 22.1 Å². The summed E-state index contributed by atoms with van der Waals surface area (Å²) < 4.78 is 2.16. The number of nitrogens with zero attached hydrogens (tertiary/aromatic N) is 3. The number of rotatable bonds is 6. The molecule has 0 fully saturated rings. The highest BCUT2D eigenvalue weighted by molar-refractivity contribution is 5.29. The molecule has 3 N–H and O–H groups in total. The summed E-state index contributed by atoms with van der Waals surface area (Å²) in [6.07, 6.45) is 2.00. The Balaban J connectivity index is 2.85. The van der Waals surface area contributed by atoms with Gasteiger partial charge in [0.1, 0.15) is 0 Å². The van der Waals surface area contributed by atoms with Crippen molar-refractivity contribution in [1.29, 1.82) is 0 Å². The molecule has 0 amide bonds. The van der Waals surface area contributed by atoms with Gasteiger partial charge >= 0.3 is 5.69 Å². The Kier molecular flexibility index (Phi) is 5.29. The predicted molar refractivity (Wildman–Crippen MR) is 75.3 cm³/mol. The van der Waals surface area contributed by atoms with Crippen LogP contribution in [0.5, 0.6) is 0 Å². The van der Waals surface area contributed by atoms with Gasteiger partial charge in [-0.1, -0.05) is 26.7 Å². The first-order chi connectivity index (χ1) is 8.92. The van der Waals surface area contributed by atoms with Crippen LogP contribution in [-0.4, -0.2) is 26.9 Å². The fourth-order valence-corrected chi connectivity index (χ4v) is 2.08. The molecule has 1 heterocycles. The van der Waals surface area contributed by atoms with E-state index in [1.807, 2.05) is 0 Å². The van der Waals surface area contributed by atoms with Gasteiger partial charge in [-0.15, -0.1) is 5.10 Å². The molecular weight excluding hydrogens is 246 g/mol. The number of hydrogen-bond acceptors (Lipinski definition) is 5. The summed E-state index contributed by atoms with van der Waals surface area (Å²) in [5, 5.41) is 6.86. The number of hydrogen-bond donors (Lipinski definition) is 2. The maximum Gasteiger partial charge on any atom is 0.346 e. The molecule has 0 saturated carbocycles. The van der Waals surface area contributed by atoms with Crippen LogP contribution in [0.25, 0.3) is 0 Å². The second kappa shape index (κ2) is 6.51. The van der Waals surface area contributed by atoms with E-state index in [4.69, 9.17) is 5.73 Å². The molecule has 7 heteroatoms. The summed E-state index contributed by atoms with van der Waals surface area (Å²) in [6, 6.07) is -0.0428. The fourth-order valence-electron chi connectivity index (χ4n) is 2.08. The van der Waals surface area contributed by atoms with E-state index in [9.17, 15) is 9.59 Å². The standard InChI is InChI=1S/C12H23N5O2/c1-5-8(6-2)9(13)7-14-10-11(18)16(3)12(19)17(4)15-10/h8-9H,5-7,13H2,1-4H3,(H,14,15). The van der Waals surface area contributed by atoms with Crippen molar-refractivity contribution in [3.05, 3.63) is 20.8 Å². The van der Waals surface area contributed by atoms with E-state index in [1.54, 1.807) is 0 Å². The summed E-state index contributed by atoms with van der Waals surface area (Å²) in [4.78, 5) is 23.3. The second-order valence-corrected chi connectivity index (χ2v) is 4.74. The molecule has 7 nitrogen and oxygen atoms in total. The topological polar surface area (TPSA) is 94.9 Å². The van der Waals surface area contributed by atoms with Crippen molar-refractivity contribution in [2.24, 2.45) is 25.7 Å². The van der Waals surface area contributed by atoms with Crippen LogP contribution in [0.3, 0.4) is 0 Å². The third kappa shape index (κ3) is 3.44. The van der Waals surface area contributed by atoms with Gasteiger partial charge in [0.25, 0.3) is 5.56 Å². The molecule has 1 unspecified atom stereocenters. The number of nitrogens with one attached hydrogen (secondary N) is 1. The monoisotopic (exact) mass is 269 g/mol. The van der Waals surface area contributed by atoms with E-state index in [1.165, 1.54) is 14.1 Å². The van der Waals surface area contributed by atoms with Crippen molar-refractivity contribution in [3.63, 3.8) is 0 Å². The van der Waals surface area contributed by atoms with Crippen LogP contribution in [0.2, 0.25) is 0 Å². The van der Waals surface area contributed by atoms with Gasteiger partial charge < -0.3 is 11.1 Å². The molecule has 0 bridgehead atoms. The van der Waals surface area contributed by atoms with Crippen LogP contribution in [-0.2, 0) is 14.1 Å². The largest absolute Gasteiger partial charge is 0.362 e. The predicted octanol–water partition coefficient (Wildman–Crippen LogP) is -0.346. The van der Waals surface area contributed by atoms with Crippen LogP contribution in [0.15, 0.2) is 9.59 Å². The van der Waals surface area contributed by atoms with Crippen LogP contribution < -0.4 is 22.3 Å². The van der Waals surface area contributed by atoms with Crippen LogP contribution in [0.1, 0.15) is 26.7 Å². The minimum absolute atomic E-state index is 0.0428. The number of aryl methyl sites for hydroxylation is 1. The third-order valence-electron chi connectivity index (χ3n) is 3.48. The van der Waals surface area contributed by atoms with Gasteiger partial charge in [0.2, 0.25) is 5.82 Å². The molecule has 108 valence electrons. The van der Waals surface area contributed by atoms with Crippen molar-refractivity contribution >= 4 is 5.82 Å². The van der Waals surface area contributed by atoms with E-state index in [0.29, 0.717) is 12.5 Å². The van der Waals surface area contributed by atoms with Gasteiger partial charge in [-0.05, 0) is 5.92 Å². The van der Waals surface area contributed by atoms with Crippen molar-refractivity contribution in [3.8, 4) is 0 Å². The van der Waals surface area contributed by atoms with Gasteiger partial charge in [0, 0.05) is 26.7 Å². The van der Waals surface area contributed by atoms with Crippen molar-refractivity contribution in [2.75, 3.05) is 11.9 Å². The Morgan fingerprint density at radius 1 is 1.26 bits per heavy atom. The minimum Gasteiger partial charge on any atom is -0.362 e. The molecule has 0 saturated heterocycles. The molecule has 1 rings (SSSR count). The van der Waals surface area contributed by atoms with E-state index >= 15 is 0 Å². The highest BCUT2D eigenvalue weighted by Crippen LogP contribution is 2.11. The Morgan fingerprint density at radius 2 is 1.84 bits per heavy atom. The molecule has 19 heavy (non-hydrogen) atoms. The van der Waals surface area contributed by atoms with E-state index < -0.39 is 11.2 Å². The minimum atomic E-state index is -0.445. The summed E-state index contributed by atoms with van der Waals surface area (Å²) in [5.41, 5.74) is 5.20. The Hall–Kier alpha value is -1.63. The van der Waals surface area contributed by atoms with Gasteiger partial charge in [-0.25, -0.2) is 9.48 Å². The van der Waals surface area contributed by atoms with E-state index in [2.05, 4.69) is 24.3 Å². The Labute approximate surface area is 112 Å². The highest BCUT2D eigenvalue weighted by Gasteiger charge is 2.15. The molecule has 0 aliphatic heterocycles. The fraction of sp³-hybridized carbons (Fsp3) is 0.750. The average Bonchev–Trinajstić information content (AvgIpc) is 2.40. The highest BCUT2D eigenvalue weighted by atomic mass is 16.2. The zero-order valence-corrected chi connectivity index (χ0v) is 12.0. The lowest BCUT2D eigenvalue weighted by Gasteiger charge is -2.21. The summed E-state index contributed by atoms with van der Waals surface area (Å²) in [5.74, 6) is 0.565. The molecule has 1 atom stereocenters. The number of nitrogens with two attached hydrogens (primary N) is 1. The lowest BCUT2D eigenvalue weighted by atomic mass is 9.95. The zero-order chi connectivity index (χ0) is 14.6. The third-order valence-corrected chi connectivity index (χ3v) is 3.48. The maximum absolute atomic E-state index is 11.8. The molecule has 0 radical (unpaired) electrons. The zero-order valence-electron chi connectivity index (χ0n) is 12.0. The molecule has 0 spiro atoms. The van der Waals surface area contributed by atoms with Crippen molar-refractivity contribution < 1.29 is 0 Å². The van der Waals surface area contributed by atoms with Gasteiger partial charge in [-0.3, -0.25) is 9.36 Å². The molecule has 0 aromatic carbocycles. The lowest BCUT2D eigenvalue weighted by molar-refractivity contribution is 0.406. The summed E-state index contributed by atoms with van der Waals surface area (Å²) in [6.45, 7) is 4.65. The molecule has 0 aliphatic rings. The normalized spacial score (nSPS) is 12.7. The summed E-state index contributed by atoms with van der Waals surface area (Å²) >= 11 is 0. The first-order valence-electron chi connectivity index (χ1n) is 6.56. The second-order valence-electron chi connectivity index (χ2n) is 4.74. The smallest absolute Gasteiger partial charge is 0.346 e. The van der Waals surface area contributed by atoms with Gasteiger partial charge in [-0.2, -0.15) is 0 Å². The average molecular weight is 269 g/mol. The van der Waals surface area contributed by atoms with Crippen molar-refractivity contribution in [2.45, 2.75) is 32.7 Å². The number of anilines is 1. The van der Waals surface area contributed by atoms with Crippen LogP contribution in [0, 0.1) is 5.92 Å². The Morgan fingerprint density at radius 3 is 2.37 bits per heavy atom. The molecule has 1 aromatic rings. The quantitative estimate of drug-likeness (QED) is 0.736. The first kappa shape index (κ1) is 15.4. The van der Waals surface area contributed by atoms with Crippen LogP contribution in [0.4, 0.5) is 5.82 Å². The SMILES string of the molecule is CCC(CC)C(N)CNc1nn(C)c(=O)n(C)c1=O. The van der Waals surface area contributed by atoms with Gasteiger partial charge in [0.15, 0.2) is 0 Å². The lowest BCUT2D eigenvalue weighted by Crippen LogP contribution is -2.42. The molecule has 0 aliphatic carbocycles. The molecular formula is C12H23N5O2. The van der Waals surface area contributed by atoms with Gasteiger partial charge in [0.05, 0.1) is 0 Å².